The highest BCUT2D eigenvalue weighted by Crippen LogP contribution is 2.26. The van der Waals surface area contributed by atoms with Crippen LogP contribution in [0.3, 0.4) is 0 Å². The van der Waals surface area contributed by atoms with Gasteiger partial charge in [-0.2, -0.15) is 0 Å². The monoisotopic (exact) mass is 261 g/mol. The van der Waals surface area contributed by atoms with Crippen LogP contribution in [-0.2, 0) is 17.6 Å². The number of hydrogen-bond acceptors (Lipinski definition) is 2. The lowest BCUT2D eigenvalue weighted by atomic mass is 10.0. The highest BCUT2D eigenvalue weighted by atomic mass is 16.3. The molecule has 104 valence electrons. The lowest BCUT2D eigenvalue weighted by molar-refractivity contribution is -0.124. The topological polar surface area (TPSA) is 49.3 Å². The Morgan fingerprint density at radius 1 is 1.37 bits per heavy atom. The number of benzene rings is 1. The summed E-state index contributed by atoms with van der Waals surface area (Å²) in [4.78, 5) is 12.2. The van der Waals surface area contributed by atoms with Gasteiger partial charge >= 0.3 is 0 Å². The van der Waals surface area contributed by atoms with E-state index in [9.17, 15) is 4.79 Å². The fraction of sp³-hybridized carbons (Fsp3) is 0.562. The maximum absolute atomic E-state index is 12.2. The number of carbonyl (C=O) groups excluding carboxylic acids is 1. The summed E-state index contributed by atoms with van der Waals surface area (Å²) in [5.41, 5.74) is 2.62. The number of aliphatic hydroxyl groups is 1. The molecule has 0 spiro atoms. The third-order valence-electron chi connectivity index (χ3n) is 4.10. The predicted molar refractivity (Wildman–Crippen MR) is 75.8 cm³/mol. The Bertz CT molecular complexity index is 406. The molecule has 0 aromatic heterocycles. The summed E-state index contributed by atoms with van der Waals surface area (Å²) >= 11 is 0. The minimum absolute atomic E-state index is 0.0871. The van der Waals surface area contributed by atoms with E-state index >= 15 is 0 Å². The lowest BCUT2D eigenvalue weighted by Gasteiger charge is -2.16. The Morgan fingerprint density at radius 3 is 2.53 bits per heavy atom. The van der Waals surface area contributed by atoms with E-state index in [0.29, 0.717) is 12.5 Å². The minimum atomic E-state index is 0.0871. The standard InChI is InChI=1S/C16H23NO2/c1-2-12(7-8-18)11-17-16(19)15-9-13-5-3-4-6-14(13)10-15/h3-6,12,15,18H,2,7-11H2,1H3,(H,17,19). The van der Waals surface area contributed by atoms with Gasteiger partial charge in [-0.3, -0.25) is 4.79 Å². The highest BCUT2D eigenvalue weighted by molar-refractivity contribution is 5.80. The molecule has 1 aromatic rings. The van der Waals surface area contributed by atoms with Gasteiger partial charge in [0.25, 0.3) is 0 Å². The predicted octanol–water partition coefficient (Wildman–Crippen LogP) is 1.93. The van der Waals surface area contributed by atoms with E-state index in [1.807, 2.05) is 12.1 Å². The first kappa shape index (κ1) is 14.1. The van der Waals surface area contributed by atoms with Crippen molar-refractivity contribution in [1.29, 1.82) is 0 Å². The van der Waals surface area contributed by atoms with Crippen LogP contribution in [-0.4, -0.2) is 24.2 Å². The molecular weight excluding hydrogens is 238 g/mol. The van der Waals surface area contributed by atoms with Crippen molar-refractivity contribution in [2.45, 2.75) is 32.6 Å². The molecule has 1 aliphatic carbocycles. The van der Waals surface area contributed by atoms with Crippen LogP contribution in [0.1, 0.15) is 30.9 Å². The quantitative estimate of drug-likeness (QED) is 0.822. The third-order valence-corrected chi connectivity index (χ3v) is 4.10. The van der Waals surface area contributed by atoms with Gasteiger partial charge in [-0.1, -0.05) is 37.6 Å². The van der Waals surface area contributed by atoms with Gasteiger partial charge in [-0.15, -0.1) is 0 Å². The van der Waals surface area contributed by atoms with Crippen LogP contribution < -0.4 is 5.32 Å². The molecule has 0 aliphatic heterocycles. The second kappa shape index (κ2) is 6.71. The molecule has 0 saturated carbocycles. The zero-order valence-corrected chi connectivity index (χ0v) is 11.6. The Kier molecular flexibility index (Phi) is 4.97. The van der Waals surface area contributed by atoms with Crippen LogP contribution in [0.2, 0.25) is 0 Å². The van der Waals surface area contributed by atoms with Crippen LogP contribution in [0.4, 0.5) is 0 Å². The molecular formula is C16H23NO2. The highest BCUT2D eigenvalue weighted by Gasteiger charge is 2.26. The number of hydrogen-bond donors (Lipinski definition) is 2. The molecule has 0 radical (unpaired) electrons. The van der Waals surface area contributed by atoms with E-state index in [2.05, 4.69) is 24.4 Å². The largest absolute Gasteiger partial charge is 0.396 e. The molecule has 1 aromatic carbocycles. The fourth-order valence-electron chi connectivity index (χ4n) is 2.77. The molecule has 2 N–H and O–H groups in total. The van der Waals surface area contributed by atoms with Crippen molar-refractivity contribution in [1.82, 2.24) is 5.32 Å². The van der Waals surface area contributed by atoms with Crippen molar-refractivity contribution in [3.05, 3.63) is 35.4 Å². The normalized spacial score (nSPS) is 16.1. The second-order valence-corrected chi connectivity index (χ2v) is 5.41. The molecule has 2 rings (SSSR count). The first-order valence-electron chi connectivity index (χ1n) is 7.20. The lowest BCUT2D eigenvalue weighted by Crippen LogP contribution is -2.35. The summed E-state index contributed by atoms with van der Waals surface area (Å²) in [6.07, 6.45) is 3.48. The molecule has 0 bridgehead atoms. The molecule has 1 aliphatic rings. The zero-order chi connectivity index (χ0) is 13.7. The summed E-state index contributed by atoms with van der Waals surface area (Å²) in [6, 6.07) is 8.30. The van der Waals surface area contributed by atoms with Crippen LogP contribution >= 0.6 is 0 Å². The number of fused-ring (bicyclic) bond motifs is 1. The van der Waals surface area contributed by atoms with Gasteiger partial charge < -0.3 is 10.4 Å². The van der Waals surface area contributed by atoms with Crippen molar-refractivity contribution in [3.63, 3.8) is 0 Å². The second-order valence-electron chi connectivity index (χ2n) is 5.41. The van der Waals surface area contributed by atoms with Gasteiger partial charge in [-0.05, 0) is 36.3 Å². The summed E-state index contributed by atoms with van der Waals surface area (Å²) < 4.78 is 0. The van der Waals surface area contributed by atoms with Crippen molar-refractivity contribution in [2.24, 2.45) is 11.8 Å². The molecule has 3 heteroatoms. The smallest absolute Gasteiger partial charge is 0.223 e. The Labute approximate surface area is 115 Å². The van der Waals surface area contributed by atoms with Gasteiger partial charge in [0.2, 0.25) is 5.91 Å². The van der Waals surface area contributed by atoms with E-state index in [1.54, 1.807) is 0 Å². The third kappa shape index (κ3) is 3.57. The van der Waals surface area contributed by atoms with Crippen LogP contribution in [0.25, 0.3) is 0 Å². The molecule has 1 unspecified atom stereocenters. The first-order valence-corrected chi connectivity index (χ1v) is 7.20. The van der Waals surface area contributed by atoms with E-state index in [4.69, 9.17) is 5.11 Å². The van der Waals surface area contributed by atoms with Gasteiger partial charge in [-0.25, -0.2) is 0 Å². The van der Waals surface area contributed by atoms with Crippen molar-refractivity contribution < 1.29 is 9.90 Å². The molecule has 0 fully saturated rings. The maximum Gasteiger partial charge on any atom is 0.223 e. The molecule has 1 atom stereocenters. The van der Waals surface area contributed by atoms with Gasteiger partial charge in [0.15, 0.2) is 0 Å². The van der Waals surface area contributed by atoms with E-state index < -0.39 is 0 Å². The zero-order valence-electron chi connectivity index (χ0n) is 11.6. The number of aliphatic hydroxyl groups excluding tert-OH is 1. The fourth-order valence-corrected chi connectivity index (χ4v) is 2.77. The van der Waals surface area contributed by atoms with Crippen LogP contribution in [0.5, 0.6) is 0 Å². The summed E-state index contributed by atoms with van der Waals surface area (Å²) in [6.45, 7) is 2.98. The summed E-state index contributed by atoms with van der Waals surface area (Å²) in [5, 5.41) is 12.0. The average Bonchev–Trinajstić information content (AvgIpc) is 2.87. The van der Waals surface area contributed by atoms with Crippen molar-refractivity contribution in [3.8, 4) is 0 Å². The SMILES string of the molecule is CCC(CCO)CNC(=O)C1Cc2ccccc2C1. The summed E-state index contributed by atoms with van der Waals surface area (Å²) in [7, 11) is 0. The van der Waals surface area contributed by atoms with Gasteiger partial charge in [0, 0.05) is 19.1 Å². The van der Waals surface area contributed by atoms with E-state index in [0.717, 1.165) is 25.7 Å². The number of amides is 1. The minimum Gasteiger partial charge on any atom is -0.396 e. The number of rotatable bonds is 6. The average molecular weight is 261 g/mol. The van der Waals surface area contributed by atoms with E-state index in [-0.39, 0.29) is 18.4 Å². The molecule has 19 heavy (non-hydrogen) atoms. The first-order chi connectivity index (χ1) is 9.24. The summed E-state index contributed by atoms with van der Waals surface area (Å²) in [5.74, 6) is 0.634. The number of carbonyl (C=O) groups is 1. The van der Waals surface area contributed by atoms with Crippen LogP contribution in [0.15, 0.2) is 24.3 Å². The van der Waals surface area contributed by atoms with Gasteiger partial charge in [0.05, 0.1) is 0 Å². The molecule has 0 saturated heterocycles. The molecule has 3 nitrogen and oxygen atoms in total. The Hall–Kier alpha value is -1.35. The Morgan fingerprint density at radius 2 is 2.00 bits per heavy atom. The van der Waals surface area contributed by atoms with Crippen LogP contribution in [0, 0.1) is 11.8 Å². The van der Waals surface area contributed by atoms with E-state index in [1.165, 1.54) is 11.1 Å². The Balaban J connectivity index is 1.83. The van der Waals surface area contributed by atoms with Crippen molar-refractivity contribution >= 4 is 5.91 Å². The molecule has 0 heterocycles. The molecule has 1 amide bonds. The van der Waals surface area contributed by atoms with Gasteiger partial charge in [0.1, 0.15) is 0 Å². The van der Waals surface area contributed by atoms with Crippen molar-refractivity contribution in [2.75, 3.05) is 13.2 Å². The maximum atomic E-state index is 12.2. The number of nitrogens with one attached hydrogen (secondary N) is 1.